The second-order valence-corrected chi connectivity index (χ2v) is 8.74. The highest BCUT2D eigenvalue weighted by atomic mass is 16.1. The normalized spacial score (nSPS) is 14.0. The second-order valence-electron chi connectivity index (χ2n) is 8.74. The molecule has 2 aromatic heterocycles. The van der Waals surface area contributed by atoms with Crippen LogP contribution in [0, 0.1) is 0 Å². The molecular weight excluding hydrogens is 454 g/mol. The molecule has 3 heterocycles. The Morgan fingerprint density at radius 2 is 1.83 bits per heavy atom. The van der Waals surface area contributed by atoms with E-state index in [1.165, 1.54) is 17.8 Å². The van der Waals surface area contributed by atoms with Gasteiger partial charge in [-0.3, -0.25) is 9.59 Å². The van der Waals surface area contributed by atoms with E-state index in [1.807, 2.05) is 24.3 Å². The average molecular weight is 482 g/mol. The molecule has 0 radical (unpaired) electrons. The predicted octanol–water partition coefficient (Wildman–Crippen LogP) is 3.61. The van der Waals surface area contributed by atoms with Crippen LogP contribution < -0.4 is 21.1 Å². The van der Waals surface area contributed by atoms with Crippen molar-refractivity contribution in [2.24, 2.45) is 0 Å². The van der Waals surface area contributed by atoms with E-state index >= 15 is 0 Å². The van der Waals surface area contributed by atoms with Crippen LogP contribution in [0.3, 0.4) is 0 Å². The van der Waals surface area contributed by atoms with Crippen LogP contribution in [0.2, 0.25) is 0 Å². The zero-order valence-corrected chi connectivity index (χ0v) is 20.0. The quantitative estimate of drug-likeness (QED) is 0.361. The summed E-state index contributed by atoms with van der Waals surface area (Å²) in [6.07, 6.45) is 2.80. The number of likely N-dealkylation sites (N-methyl/N-ethyl adjacent to an activating group) is 1. The van der Waals surface area contributed by atoms with E-state index in [2.05, 4.69) is 56.2 Å². The molecule has 1 saturated heterocycles. The monoisotopic (exact) mass is 481 g/mol. The first-order valence-electron chi connectivity index (χ1n) is 11.7. The van der Waals surface area contributed by atoms with Crippen molar-refractivity contribution in [3.63, 3.8) is 0 Å². The van der Waals surface area contributed by atoms with Gasteiger partial charge in [0.25, 0.3) is 0 Å². The molecule has 9 nitrogen and oxygen atoms in total. The molecule has 4 aromatic rings. The van der Waals surface area contributed by atoms with E-state index in [-0.39, 0.29) is 11.5 Å². The number of piperazine rings is 1. The number of nitrogens with one attached hydrogen (secondary N) is 3. The first kappa shape index (κ1) is 23.3. The third kappa shape index (κ3) is 5.11. The lowest BCUT2D eigenvalue weighted by atomic mass is 10.0. The Morgan fingerprint density at radius 1 is 1.06 bits per heavy atom. The summed E-state index contributed by atoms with van der Waals surface area (Å²) in [6.45, 7) is 7.61. The van der Waals surface area contributed by atoms with Crippen molar-refractivity contribution in [1.29, 1.82) is 0 Å². The SMILES string of the molecule is C=CC(=O)Nc1cccc(-c2cc(=O)[nH]c3cnc(Nc4ccc(N5CCN(C)CC5)cc4)nc23)c1. The highest BCUT2D eigenvalue weighted by Gasteiger charge is 2.14. The number of benzene rings is 2. The largest absolute Gasteiger partial charge is 0.369 e. The fourth-order valence-electron chi connectivity index (χ4n) is 4.23. The number of carbonyl (C=O) groups is 1. The molecule has 36 heavy (non-hydrogen) atoms. The van der Waals surface area contributed by atoms with Crippen molar-refractivity contribution < 1.29 is 4.79 Å². The maximum atomic E-state index is 12.3. The van der Waals surface area contributed by atoms with Gasteiger partial charge >= 0.3 is 0 Å². The van der Waals surface area contributed by atoms with Crippen LogP contribution in [0.15, 0.2) is 78.2 Å². The predicted molar refractivity (Wildman–Crippen MR) is 144 cm³/mol. The summed E-state index contributed by atoms with van der Waals surface area (Å²) < 4.78 is 0. The Labute approximate surface area is 208 Å². The average Bonchev–Trinajstić information content (AvgIpc) is 2.89. The van der Waals surface area contributed by atoms with Crippen molar-refractivity contribution in [3.05, 3.63) is 83.8 Å². The molecule has 1 aliphatic rings. The number of amides is 1. The Kier molecular flexibility index (Phi) is 6.46. The summed E-state index contributed by atoms with van der Waals surface area (Å²) >= 11 is 0. The van der Waals surface area contributed by atoms with Gasteiger partial charge in [0.05, 0.1) is 11.7 Å². The molecule has 0 unspecified atom stereocenters. The molecular formula is C27H27N7O2. The number of hydrogen-bond acceptors (Lipinski definition) is 7. The van der Waals surface area contributed by atoms with Gasteiger partial charge < -0.3 is 25.4 Å². The van der Waals surface area contributed by atoms with Gasteiger partial charge in [0.2, 0.25) is 17.4 Å². The van der Waals surface area contributed by atoms with E-state index in [1.54, 1.807) is 18.3 Å². The van der Waals surface area contributed by atoms with Crippen molar-refractivity contribution in [2.45, 2.75) is 0 Å². The standard InChI is InChI=1S/C27H27N7O2/c1-3-24(35)29-20-6-4-5-18(15-20)22-16-25(36)31-23-17-28-27(32-26(22)23)30-19-7-9-21(10-8-19)34-13-11-33(2)12-14-34/h3-10,15-17H,1,11-14H2,2H3,(H,29,35)(H,31,36)(H,28,30,32). The molecule has 9 heteroatoms. The van der Waals surface area contributed by atoms with Gasteiger partial charge in [-0.1, -0.05) is 18.7 Å². The van der Waals surface area contributed by atoms with Crippen molar-refractivity contribution in [3.8, 4) is 11.1 Å². The van der Waals surface area contributed by atoms with Crippen LogP contribution in [-0.2, 0) is 4.79 Å². The number of H-pyrrole nitrogens is 1. The van der Waals surface area contributed by atoms with Gasteiger partial charge in [-0.2, -0.15) is 0 Å². The zero-order valence-electron chi connectivity index (χ0n) is 20.0. The third-order valence-electron chi connectivity index (χ3n) is 6.20. The van der Waals surface area contributed by atoms with Crippen LogP contribution in [-0.4, -0.2) is 59.0 Å². The summed E-state index contributed by atoms with van der Waals surface area (Å²) in [5.41, 5.74) is 4.89. The number of rotatable bonds is 6. The molecule has 0 saturated carbocycles. The number of fused-ring (bicyclic) bond motifs is 1. The van der Waals surface area contributed by atoms with E-state index < -0.39 is 0 Å². The molecule has 3 N–H and O–H groups in total. The van der Waals surface area contributed by atoms with Crippen LogP contribution in [0.25, 0.3) is 22.2 Å². The van der Waals surface area contributed by atoms with Gasteiger partial charge in [-0.05, 0) is 55.1 Å². The smallest absolute Gasteiger partial charge is 0.249 e. The number of carbonyl (C=O) groups excluding carboxylic acids is 1. The molecule has 1 aliphatic heterocycles. The lowest BCUT2D eigenvalue weighted by Gasteiger charge is -2.34. The van der Waals surface area contributed by atoms with E-state index in [9.17, 15) is 9.59 Å². The summed E-state index contributed by atoms with van der Waals surface area (Å²) in [5, 5.41) is 6.01. The van der Waals surface area contributed by atoms with Gasteiger partial charge in [-0.15, -0.1) is 0 Å². The second kappa shape index (κ2) is 10.0. The van der Waals surface area contributed by atoms with Crippen LogP contribution in [0.5, 0.6) is 0 Å². The first-order chi connectivity index (χ1) is 17.5. The van der Waals surface area contributed by atoms with Crippen molar-refractivity contribution in [1.82, 2.24) is 19.9 Å². The topological polar surface area (TPSA) is 106 Å². The van der Waals surface area contributed by atoms with Crippen LogP contribution >= 0.6 is 0 Å². The van der Waals surface area contributed by atoms with Crippen LogP contribution in [0.1, 0.15) is 0 Å². The summed E-state index contributed by atoms with van der Waals surface area (Å²) in [4.78, 5) is 40.6. The molecule has 1 amide bonds. The van der Waals surface area contributed by atoms with E-state index in [0.717, 1.165) is 37.4 Å². The minimum absolute atomic E-state index is 0.262. The number of aromatic amines is 1. The lowest BCUT2D eigenvalue weighted by Crippen LogP contribution is -2.44. The highest BCUT2D eigenvalue weighted by Crippen LogP contribution is 2.28. The molecule has 182 valence electrons. The minimum Gasteiger partial charge on any atom is -0.369 e. The van der Waals surface area contributed by atoms with Gasteiger partial charge in [0.15, 0.2) is 0 Å². The number of hydrogen-bond donors (Lipinski definition) is 3. The maximum absolute atomic E-state index is 12.3. The van der Waals surface area contributed by atoms with Crippen molar-refractivity contribution >= 4 is 40.0 Å². The number of pyridine rings is 1. The number of aromatic nitrogens is 3. The first-order valence-corrected chi connectivity index (χ1v) is 11.7. The molecule has 0 aliphatic carbocycles. The van der Waals surface area contributed by atoms with Gasteiger partial charge in [0.1, 0.15) is 5.52 Å². The Hall–Kier alpha value is -4.50. The minimum atomic E-state index is -0.310. The van der Waals surface area contributed by atoms with Crippen molar-refractivity contribution in [2.75, 3.05) is 48.8 Å². The Morgan fingerprint density at radius 3 is 2.58 bits per heavy atom. The molecule has 2 aromatic carbocycles. The summed E-state index contributed by atoms with van der Waals surface area (Å²) in [6, 6.07) is 17.0. The molecule has 0 atom stereocenters. The highest BCUT2D eigenvalue weighted by molar-refractivity contribution is 6.00. The summed E-state index contributed by atoms with van der Waals surface area (Å²) in [7, 11) is 2.15. The molecule has 5 rings (SSSR count). The van der Waals surface area contributed by atoms with Gasteiger partial charge in [-0.25, -0.2) is 9.97 Å². The fraction of sp³-hybridized carbons (Fsp3) is 0.185. The maximum Gasteiger partial charge on any atom is 0.249 e. The lowest BCUT2D eigenvalue weighted by molar-refractivity contribution is -0.111. The molecule has 0 spiro atoms. The Balaban J connectivity index is 1.43. The van der Waals surface area contributed by atoms with E-state index in [4.69, 9.17) is 4.98 Å². The van der Waals surface area contributed by atoms with Gasteiger partial charge in [0, 0.05) is 54.9 Å². The Bertz CT molecular complexity index is 1470. The number of anilines is 4. The summed E-state index contributed by atoms with van der Waals surface area (Å²) in [5.74, 6) is 0.106. The molecule has 0 bridgehead atoms. The van der Waals surface area contributed by atoms with E-state index in [0.29, 0.717) is 28.2 Å². The van der Waals surface area contributed by atoms with Crippen LogP contribution in [0.4, 0.5) is 23.0 Å². The number of nitrogens with zero attached hydrogens (tertiary/aromatic N) is 4. The molecule has 1 fully saturated rings. The fourth-order valence-corrected chi connectivity index (χ4v) is 4.23. The third-order valence-corrected chi connectivity index (χ3v) is 6.20. The zero-order chi connectivity index (χ0) is 25.1.